The van der Waals surface area contributed by atoms with Crippen molar-refractivity contribution in [3.05, 3.63) is 95.1 Å². The summed E-state index contributed by atoms with van der Waals surface area (Å²) in [6.45, 7) is 4.01. The number of rotatable bonds is 7. The number of aryl methyl sites for hydroxylation is 2. The Hall–Kier alpha value is -3.92. The Morgan fingerprint density at radius 3 is 2.17 bits per heavy atom. The van der Waals surface area contributed by atoms with Gasteiger partial charge >= 0.3 is 6.18 Å². The topological polar surface area (TPSA) is 72.2 Å². The summed E-state index contributed by atoms with van der Waals surface area (Å²) in [7, 11) is 0. The highest BCUT2D eigenvalue weighted by Crippen LogP contribution is 2.29. The molecule has 0 aliphatic carbocycles. The molecule has 0 fully saturated rings. The van der Waals surface area contributed by atoms with Crippen LogP contribution in [0, 0.1) is 13.8 Å². The van der Waals surface area contributed by atoms with Crippen LogP contribution in [0.15, 0.2) is 83.1 Å². The van der Waals surface area contributed by atoms with Crippen LogP contribution in [0.25, 0.3) is 17.1 Å². The van der Waals surface area contributed by atoms with E-state index < -0.39 is 17.6 Å². The van der Waals surface area contributed by atoms with Crippen LogP contribution in [0.3, 0.4) is 0 Å². The average Bonchev–Trinajstić information content (AvgIpc) is 3.27. The summed E-state index contributed by atoms with van der Waals surface area (Å²) in [4.78, 5) is 12.3. The fraction of sp³-hybridized carbons (Fsp3) is 0.154. The van der Waals surface area contributed by atoms with Gasteiger partial charge in [0.2, 0.25) is 0 Å². The van der Waals surface area contributed by atoms with Crippen LogP contribution in [-0.4, -0.2) is 32.6 Å². The molecule has 0 bridgehead atoms. The number of hydrazone groups is 1. The lowest BCUT2D eigenvalue weighted by molar-refractivity contribution is -0.137. The Kier molecular flexibility index (Phi) is 7.54. The van der Waals surface area contributed by atoms with Gasteiger partial charge in [0, 0.05) is 11.3 Å². The van der Waals surface area contributed by atoms with Crippen LogP contribution in [0.1, 0.15) is 22.3 Å². The predicted molar refractivity (Wildman–Crippen MR) is 134 cm³/mol. The predicted octanol–water partition coefficient (Wildman–Crippen LogP) is 5.81. The first kappa shape index (κ1) is 25.2. The number of thioether (sulfide) groups is 1. The molecule has 0 saturated heterocycles. The molecule has 0 unspecified atom stereocenters. The minimum Gasteiger partial charge on any atom is -0.272 e. The van der Waals surface area contributed by atoms with E-state index in [1.165, 1.54) is 30.1 Å². The van der Waals surface area contributed by atoms with Crippen LogP contribution < -0.4 is 5.43 Å². The monoisotopic (exact) mass is 509 g/mol. The molecule has 1 heterocycles. The second kappa shape index (κ2) is 10.8. The van der Waals surface area contributed by atoms with Crippen molar-refractivity contribution in [2.75, 3.05) is 5.75 Å². The SMILES string of the molecule is Cc1ccc(-c2nnc(SCC(=O)NN=Cc3ccc(C(F)(F)F)cc3)n2-c2ccc(C)cc2)cc1. The first-order valence-electron chi connectivity index (χ1n) is 10.9. The van der Waals surface area contributed by atoms with Gasteiger partial charge in [-0.2, -0.15) is 18.3 Å². The number of nitrogens with zero attached hydrogens (tertiary/aromatic N) is 4. The highest BCUT2D eigenvalue weighted by Gasteiger charge is 2.29. The lowest BCUT2D eigenvalue weighted by Crippen LogP contribution is -2.20. The molecule has 4 rings (SSSR count). The summed E-state index contributed by atoms with van der Waals surface area (Å²) in [5.74, 6) is 0.281. The van der Waals surface area contributed by atoms with Crippen LogP contribution in [0.5, 0.6) is 0 Å². The smallest absolute Gasteiger partial charge is 0.272 e. The molecule has 6 nitrogen and oxygen atoms in total. The normalized spacial score (nSPS) is 11.7. The van der Waals surface area contributed by atoms with Gasteiger partial charge in [0.1, 0.15) is 0 Å². The molecule has 0 aliphatic heterocycles. The Labute approximate surface area is 210 Å². The maximum absolute atomic E-state index is 12.7. The molecule has 3 aromatic carbocycles. The molecule has 0 saturated carbocycles. The Morgan fingerprint density at radius 2 is 1.56 bits per heavy atom. The second-order valence-corrected chi connectivity index (χ2v) is 8.99. The van der Waals surface area contributed by atoms with Crippen molar-refractivity contribution in [1.29, 1.82) is 0 Å². The van der Waals surface area contributed by atoms with E-state index in [0.717, 1.165) is 34.5 Å². The molecule has 10 heteroatoms. The molecule has 4 aromatic rings. The molecule has 1 amide bonds. The molecule has 36 heavy (non-hydrogen) atoms. The second-order valence-electron chi connectivity index (χ2n) is 8.04. The number of nitrogens with one attached hydrogen (secondary N) is 1. The zero-order valence-corrected chi connectivity index (χ0v) is 20.3. The fourth-order valence-corrected chi connectivity index (χ4v) is 4.02. The summed E-state index contributed by atoms with van der Waals surface area (Å²) in [5, 5.41) is 13.1. The number of aromatic nitrogens is 3. The van der Waals surface area contributed by atoms with Gasteiger partial charge in [0.25, 0.3) is 5.91 Å². The molecule has 184 valence electrons. The zero-order chi connectivity index (χ0) is 25.7. The van der Waals surface area contributed by atoms with E-state index >= 15 is 0 Å². The summed E-state index contributed by atoms with van der Waals surface area (Å²) in [6, 6.07) is 20.3. The van der Waals surface area contributed by atoms with Gasteiger partial charge in [0.05, 0.1) is 17.5 Å². The quantitative estimate of drug-likeness (QED) is 0.194. The number of hydrogen-bond acceptors (Lipinski definition) is 5. The van der Waals surface area contributed by atoms with Gasteiger partial charge in [-0.15, -0.1) is 10.2 Å². The molecule has 1 N–H and O–H groups in total. The van der Waals surface area contributed by atoms with E-state index in [9.17, 15) is 18.0 Å². The number of halogens is 3. The molecule has 0 radical (unpaired) electrons. The standard InChI is InChI=1S/C26H22F3N5OS/c1-17-3-9-20(10-4-17)24-32-33-25(34(24)22-13-5-18(2)6-14-22)36-16-23(35)31-30-15-19-7-11-21(12-8-19)26(27,28)29/h3-15H,16H2,1-2H3,(H,31,35). The average molecular weight is 510 g/mol. The van der Waals surface area contributed by atoms with Crippen LogP contribution in [-0.2, 0) is 11.0 Å². The number of carbonyl (C=O) groups is 1. The fourth-order valence-electron chi connectivity index (χ4n) is 3.28. The van der Waals surface area contributed by atoms with Gasteiger partial charge in [-0.05, 0) is 43.7 Å². The third-order valence-electron chi connectivity index (χ3n) is 5.21. The lowest BCUT2D eigenvalue weighted by Gasteiger charge is -2.11. The van der Waals surface area contributed by atoms with E-state index in [1.807, 2.05) is 66.9 Å². The van der Waals surface area contributed by atoms with E-state index in [-0.39, 0.29) is 5.75 Å². The summed E-state index contributed by atoms with van der Waals surface area (Å²) in [6.07, 6.45) is -3.12. The number of benzene rings is 3. The van der Waals surface area contributed by atoms with E-state index in [2.05, 4.69) is 20.7 Å². The number of amides is 1. The minimum absolute atomic E-state index is 0.0161. The van der Waals surface area contributed by atoms with Crippen molar-refractivity contribution in [1.82, 2.24) is 20.2 Å². The Balaban J connectivity index is 1.46. The van der Waals surface area contributed by atoms with Gasteiger partial charge in [-0.25, -0.2) is 5.43 Å². The molecular weight excluding hydrogens is 487 g/mol. The lowest BCUT2D eigenvalue weighted by atomic mass is 10.1. The Bertz CT molecular complexity index is 1360. The number of hydrogen-bond donors (Lipinski definition) is 1. The molecule has 0 atom stereocenters. The zero-order valence-electron chi connectivity index (χ0n) is 19.5. The van der Waals surface area contributed by atoms with Crippen LogP contribution >= 0.6 is 11.8 Å². The molecular formula is C26H22F3N5OS. The largest absolute Gasteiger partial charge is 0.416 e. The van der Waals surface area contributed by atoms with Crippen LogP contribution in [0.2, 0.25) is 0 Å². The van der Waals surface area contributed by atoms with E-state index in [4.69, 9.17) is 0 Å². The molecule has 0 spiro atoms. The van der Waals surface area contributed by atoms with Gasteiger partial charge in [0.15, 0.2) is 11.0 Å². The van der Waals surface area contributed by atoms with Crippen molar-refractivity contribution in [2.45, 2.75) is 25.2 Å². The van der Waals surface area contributed by atoms with Gasteiger partial charge in [-0.1, -0.05) is 71.4 Å². The van der Waals surface area contributed by atoms with Gasteiger partial charge < -0.3 is 0 Å². The van der Waals surface area contributed by atoms with Gasteiger partial charge in [-0.3, -0.25) is 9.36 Å². The third kappa shape index (κ3) is 6.19. The van der Waals surface area contributed by atoms with Crippen molar-refractivity contribution >= 4 is 23.9 Å². The molecule has 1 aromatic heterocycles. The van der Waals surface area contributed by atoms with E-state index in [0.29, 0.717) is 16.5 Å². The van der Waals surface area contributed by atoms with Crippen molar-refractivity contribution in [3.63, 3.8) is 0 Å². The number of alkyl halides is 3. The van der Waals surface area contributed by atoms with Crippen molar-refractivity contribution in [3.8, 4) is 17.1 Å². The maximum Gasteiger partial charge on any atom is 0.416 e. The highest BCUT2D eigenvalue weighted by atomic mass is 32.2. The van der Waals surface area contributed by atoms with Crippen molar-refractivity contribution in [2.24, 2.45) is 5.10 Å². The molecule has 0 aliphatic rings. The minimum atomic E-state index is -4.40. The third-order valence-corrected chi connectivity index (χ3v) is 6.14. The summed E-state index contributed by atoms with van der Waals surface area (Å²) >= 11 is 1.20. The number of carbonyl (C=O) groups excluding carboxylic acids is 1. The van der Waals surface area contributed by atoms with Crippen LogP contribution in [0.4, 0.5) is 13.2 Å². The van der Waals surface area contributed by atoms with E-state index in [1.54, 1.807) is 0 Å². The first-order valence-corrected chi connectivity index (χ1v) is 11.9. The first-order chi connectivity index (χ1) is 17.2. The summed E-state index contributed by atoms with van der Waals surface area (Å²) < 4.78 is 39.9. The maximum atomic E-state index is 12.7. The Morgan fingerprint density at radius 1 is 0.944 bits per heavy atom. The van der Waals surface area contributed by atoms with Crippen molar-refractivity contribution < 1.29 is 18.0 Å². The summed E-state index contributed by atoms with van der Waals surface area (Å²) in [5.41, 5.74) is 6.07. The highest BCUT2D eigenvalue weighted by molar-refractivity contribution is 7.99.